The standard InChI is InChI=1S/C19H27N3O4/c1-3-26-19(25)12(2)21-18(24)13-7-9-15(10-8-13)22-17(23)11-14-5-4-6-16(14)20/h7-10,12,14,16H,3-6,11,20H2,1-2H3,(H,21,24)(H,22,23)/t12?,14-,16+/m0/s1. The quantitative estimate of drug-likeness (QED) is 0.642. The molecule has 1 aromatic rings. The molecule has 26 heavy (non-hydrogen) atoms. The summed E-state index contributed by atoms with van der Waals surface area (Å²) in [7, 11) is 0. The van der Waals surface area contributed by atoms with Gasteiger partial charge in [0.1, 0.15) is 6.04 Å². The van der Waals surface area contributed by atoms with Gasteiger partial charge in [-0.05, 0) is 56.9 Å². The van der Waals surface area contributed by atoms with E-state index in [1.165, 1.54) is 0 Å². The summed E-state index contributed by atoms with van der Waals surface area (Å²) >= 11 is 0. The second-order valence-electron chi connectivity index (χ2n) is 6.63. The molecule has 3 atom stereocenters. The van der Waals surface area contributed by atoms with E-state index in [9.17, 15) is 14.4 Å². The summed E-state index contributed by atoms with van der Waals surface area (Å²) in [6.45, 7) is 3.54. The molecule has 0 aromatic heterocycles. The largest absolute Gasteiger partial charge is 0.464 e. The van der Waals surface area contributed by atoms with E-state index in [-0.39, 0.29) is 30.4 Å². The molecule has 7 heteroatoms. The van der Waals surface area contributed by atoms with Gasteiger partial charge in [-0.15, -0.1) is 0 Å². The van der Waals surface area contributed by atoms with E-state index in [4.69, 9.17) is 10.5 Å². The number of rotatable bonds is 7. The van der Waals surface area contributed by atoms with Crippen molar-refractivity contribution in [2.24, 2.45) is 11.7 Å². The third-order valence-electron chi connectivity index (χ3n) is 4.58. The molecule has 0 saturated heterocycles. The first-order valence-electron chi connectivity index (χ1n) is 9.03. The van der Waals surface area contributed by atoms with Crippen LogP contribution in [-0.2, 0) is 14.3 Å². The zero-order valence-corrected chi connectivity index (χ0v) is 15.3. The number of anilines is 1. The van der Waals surface area contributed by atoms with Crippen LogP contribution < -0.4 is 16.4 Å². The highest BCUT2D eigenvalue weighted by molar-refractivity contribution is 5.97. The van der Waals surface area contributed by atoms with E-state index in [0.717, 1.165) is 19.3 Å². The Morgan fingerprint density at radius 1 is 1.23 bits per heavy atom. The molecule has 1 aliphatic rings. The van der Waals surface area contributed by atoms with E-state index < -0.39 is 12.0 Å². The van der Waals surface area contributed by atoms with Gasteiger partial charge >= 0.3 is 5.97 Å². The van der Waals surface area contributed by atoms with E-state index in [2.05, 4.69) is 10.6 Å². The Hall–Kier alpha value is -2.41. The summed E-state index contributed by atoms with van der Waals surface area (Å²) in [6, 6.07) is 5.91. The van der Waals surface area contributed by atoms with Crippen LogP contribution in [0.3, 0.4) is 0 Å². The fourth-order valence-electron chi connectivity index (χ4n) is 3.08. The summed E-state index contributed by atoms with van der Waals surface area (Å²) in [5, 5.41) is 5.41. The van der Waals surface area contributed by atoms with Crippen molar-refractivity contribution in [1.82, 2.24) is 5.32 Å². The molecular formula is C19H27N3O4. The lowest BCUT2D eigenvalue weighted by atomic mass is 10.00. The molecule has 0 bridgehead atoms. The number of hydrogen-bond acceptors (Lipinski definition) is 5. The number of carbonyl (C=O) groups is 3. The summed E-state index contributed by atoms with van der Waals surface area (Å²) < 4.78 is 4.86. The van der Waals surface area contributed by atoms with Crippen molar-refractivity contribution in [3.05, 3.63) is 29.8 Å². The maximum Gasteiger partial charge on any atom is 0.328 e. The van der Waals surface area contributed by atoms with Gasteiger partial charge in [-0.25, -0.2) is 4.79 Å². The van der Waals surface area contributed by atoms with Crippen LogP contribution in [0.1, 0.15) is 49.9 Å². The van der Waals surface area contributed by atoms with Crippen molar-refractivity contribution >= 4 is 23.5 Å². The lowest BCUT2D eigenvalue weighted by Gasteiger charge is -2.15. The van der Waals surface area contributed by atoms with Gasteiger partial charge in [-0.3, -0.25) is 9.59 Å². The van der Waals surface area contributed by atoms with Crippen LogP contribution in [0.4, 0.5) is 5.69 Å². The molecule has 1 fully saturated rings. The molecule has 4 N–H and O–H groups in total. The molecule has 1 saturated carbocycles. The number of ether oxygens (including phenoxy) is 1. The van der Waals surface area contributed by atoms with E-state index in [1.54, 1.807) is 38.1 Å². The molecule has 2 amide bonds. The first-order valence-corrected chi connectivity index (χ1v) is 9.03. The number of carbonyl (C=O) groups excluding carboxylic acids is 3. The molecule has 0 heterocycles. The van der Waals surface area contributed by atoms with Gasteiger partial charge < -0.3 is 21.1 Å². The average Bonchev–Trinajstić information content (AvgIpc) is 3.00. The monoisotopic (exact) mass is 361 g/mol. The smallest absolute Gasteiger partial charge is 0.328 e. The van der Waals surface area contributed by atoms with E-state index in [0.29, 0.717) is 17.7 Å². The van der Waals surface area contributed by atoms with Crippen molar-refractivity contribution in [2.45, 2.75) is 51.6 Å². The molecule has 142 valence electrons. The Morgan fingerprint density at radius 3 is 2.50 bits per heavy atom. The van der Waals surface area contributed by atoms with Crippen molar-refractivity contribution < 1.29 is 19.1 Å². The Labute approximate surface area is 153 Å². The summed E-state index contributed by atoms with van der Waals surface area (Å²) in [5.74, 6) is -0.680. The van der Waals surface area contributed by atoms with Crippen LogP contribution in [0.2, 0.25) is 0 Å². The average molecular weight is 361 g/mol. The van der Waals surface area contributed by atoms with Gasteiger partial charge in [-0.2, -0.15) is 0 Å². The zero-order valence-electron chi connectivity index (χ0n) is 15.3. The van der Waals surface area contributed by atoms with Crippen molar-refractivity contribution in [2.75, 3.05) is 11.9 Å². The number of amides is 2. The van der Waals surface area contributed by atoms with Crippen LogP contribution in [0.25, 0.3) is 0 Å². The predicted molar refractivity (Wildman–Crippen MR) is 98.6 cm³/mol. The second kappa shape index (κ2) is 9.33. The summed E-state index contributed by atoms with van der Waals surface area (Å²) in [4.78, 5) is 35.8. The third-order valence-corrected chi connectivity index (χ3v) is 4.58. The lowest BCUT2D eigenvalue weighted by Crippen LogP contribution is -2.39. The number of esters is 1. The fourth-order valence-corrected chi connectivity index (χ4v) is 3.08. The van der Waals surface area contributed by atoms with Gasteiger partial charge in [0, 0.05) is 23.7 Å². The van der Waals surface area contributed by atoms with Gasteiger partial charge in [0.2, 0.25) is 5.91 Å². The molecule has 0 spiro atoms. The molecule has 7 nitrogen and oxygen atoms in total. The number of hydrogen-bond donors (Lipinski definition) is 3. The highest BCUT2D eigenvalue weighted by Crippen LogP contribution is 2.27. The molecule has 1 aliphatic carbocycles. The van der Waals surface area contributed by atoms with Crippen LogP contribution in [0.15, 0.2) is 24.3 Å². The van der Waals surface area contributed by atoms with E-state index in [1.807, 2.05) is 0 Å². The Bertz CT molecular complexity index is 645. The minimum absolute atomic E-state index is 0.0690. The predicted octanol–water partition coefficient (Wildman–Crippen LogP) is 1.82. The van der Waals surface area contributed by atoms with Crippen LogP contribution in [0, 0.1) is 5.92 Å². The SMILES string of the molecule is CCOC(=O)C(C)NC(=O)c1ccc(NC(=O)C[C@@H]2CCC[C@H]2N)cc1. The summed E-state index contributed by atoms with van der Waals surface area (Å²) in [5.41, 5.74) is 7.02. The molecule has 1 aromatic carbocycles. The second-order valence-corrected chi connectivity index (χ2v) is 6.63. The normalized spacial score (nSPS) is 20.3. The van der Waals surface area contributed by atoms with Gasteiger partial charge in [0.15, 0.2) is 0 Å². The van der Waals surface area contributed by atoms with Crippen molar-refractivity contribution in [3.8, 4) is 0 Å². The Kier molecular flexibility index (Phi) is 7.15. The van der Waals surface area contributed by atoms with Crippen molar-refractivity contribution in [3.63, 3.8) is 0 Å². The lowest BCUT2D eigenvalue weighted by molar-refractivity contribution is -0.144. The van der Waals surface area contributed by atoms with Gasteiger partial charge in [0.25, 0.3) is 5.91 Å². The van der Waals surface area contributed by atoms with E-state index >= 15 is 0 Å². The summed E-state index contributed by atoms with van der Waals surface area (Å²) in [6.07, 6.45) is 3.46. The highest BCUT2D eigenvalue weighted by Gasteiger charge is 2.26. The first-order chi connectivity index (χ1) is 12.4. The topological polar surface area (TPSA) is 111 Å². The van der Waals surface area contributed by atoms with Crippen LogP contribution >= 0.6 is 0 Å². The fraction of sp³-hybridized carbons (Fsp3) is 0.526. The molecule has 1 unspecified atom stereocenters. The first kappa shape index (κ1) is 19.9. The van der Waals surface area contributed by atoms with Crippen molar-refractivity contribution in [1.29, 1.82) is 0 Å². The molecule has 2 rings (SSSR count). The van der Waals surface area contributed by atoms with Crippen LogP contribution in [0.5, 0.6) is 0 Å². The molecule has 0 aliphatic heterocycles. The molecule has 0 radical (unpaired) electrons. The van der Waals surface area contributed by atoms with Gasteiger partial charge in [-0.1, -0.05) is 6.42 Å². The maximum atomic E-state index is 12.1. The Morgan fingerprint density at radius 2 is 1.92 bits per heavy atom. The minimum Gasteiger partial charge on any atom is -0.464 e. The van der Waals surface area contributed by atoms with Crippen LogP contribution in [-0.4, -0.2) is 36.5 Å². The Balaban J connectivity index is 1.86. The maximum absolute atomic E-state index is 12.1. The highest BCUT2D eigenvalue weighted by atomic mass is 16.5. The zero-order chi connectivity index (χ0) is 19.1. The molecular weight excluding hydrogens is 334 g/mol. The number of nitrogens with one attached hydrogen (secondary N) is 2. The third kappa shape index (κ3) is 5.56. The number of benzene rings is 1. The minimum atomic E-state index is -0.725. The van der Waals surface area contributed by atoms with Gasteiger partial charge in [0.05, 0.1) is 6.61 Å². The number of nitrogens with two attached hydrogens (primary N) is 1.